The van der Waals surface area contributed by atoms with Gasteiger partial charge >= 0.3 is 0 Å². The van der Waals surface area contributed by atoms with E-state index in [-0.39, 0.29) is 0 Å². The number of benzene rings is 3. The Labute approximate surface area is 120 Å². The average molecular weight is 284 g/mol. The van der Waals surface area contributed by atoms with Gasteiger partial charge < -0.3 is 5.32 Å². The molecule has 0 aliphatic carbocycles. The third kappa shape index (κ3) is 1.79. The van der Waals surface area contributed by atoms with Crippen molar-refractivity contribution < 1.29 is 0 Å². The predicted octanol–water partition coefficient (Wildman–Crippen LogP) is 5.70. The lowest BCUT2D eigenvalue weighted by Gasteiger charge is -2.22. The van der Waals surface area contributed by atoms with E-state index in [2.05, 4.69) is 41.7 Å². The van der Waals surface area contributed by atoms with Crippen LogP contribution in [0.3, 0.4) is 0 Å². The van der Waals surface area contributed by atoms with Crippen LogP contribution in [0.5, 0.6) is 0 Å². The number of halogens is 1. The Kier molecular flexibility index (Phi) is 2.47. The van der Waals surface area contributed by atoms with Gasteiger partial charge in [0.1, 0.15) is 0 Å². The molecule has 0 unspecified atom stereocenters. The minimum absolute atomic E-state index is 0.775. The van der Waals surface area contributed by atoms with Gasteiger partial charge in [0.25, 0.3) is 0 Å². The highest BCUT2D eigenvalue weighted by atomic mass is 35.5. The van der Waals surface area contributed by atoms with Gasteiger partial charge in [-0.15, -0.1) is 0 Å². The number of rotatable bonds is 0. The van der Waals surface area contributed by atoms with E-state index in [1.54, 1.807) is 11.8 Å². The molecule has 3 heteroatoms. The molecule has 1 aliphatic rings. The van der Waals surface area contributed by atoms with Gasteiger partial charge in [0.2, 0.25) is 0 Å². The van der Waals surface area contributed by atoms with E-state index in [0.717, 1.165) is 10.7 Å². The van der Waals surface area contributed by atoms with Crippen molar-refractivity contribution in [2.24, 2.45) is 0 Å². The number of hydrogen-bond acceptors (Lipinski definition) is 2. The summed E-state index contributed by atoms with van der Waals surface area (Å²) in [6.07, 6.45) is 0. The molecule has 1 aliphatic heterocycles. The van der Waals surface area contributed by atoms with Gasteiger partial charge in [-0.05, 0) is 35.0 Å². The molecule has 0 spiro atoms. The van der Waals surface area contributed by atoms with E-state index in [0.29, 0.717) is 0 Å². The van der Waals surface area contributed by atoms with Crippen molar-refractivity contribution in [2.75, 3.05) is 5.32 Å². The smallest absolute Gasteiger partial charge is 0.0532 e. The Bertz CT molecular complexity index is 798. The van der Waals surface area contributed by atoms with E-state index in [1.165, 1.54) is 26.3 Å². The van der Waals surface area contributed by atoms with E-state index >= 15 is 0 Å². The Morgan fingerprint density at radius 1 is 0.895 bits per heavy atom. The van der Waals surface area contributed by atoms with Gasteiger partial charge in [-0.25, -0.2) is 0 Å². The van der Waals surface area contributed by atoms with Gasteiger partial charge in [-0.1, -0.05) is 53.7 Å². The van der Waals surface area contributed by atoms with Gasteiger partial charge in [0, 0.05) is 14.8 Å². The van der Waals surface area contributed by atoms with Crippen LogP contribution in [0.15, 0.2) is 64.4 Å². The zero-order valence-electron chi connectivity index (χ0n) is 9.98. The van der Waals surface area contributed by atoms with Crippen LogP contribution in [-0.4, -0.2) is 0 Å². The molecule has 19 heavy (non-hydrogen) atoms. The molecule has 1 nitrogen and oxygen atoms in total. The molecule has 0 fully saturated rings. The highest BCUT2D eigenvalue weighted by molar-refractivity contribution is 8.00. The van der Waals surface area contributed by atoms with Crippen LogP contribution in [0, 0.1) is 0 Å². The lowest BCUT2D eigenvalue weighted by atomic mass is 10.1. The minimum atomic E-state index is 0.775. The van der Waals surface area contributed by atoms with Gasteiger partial charge in [0.15, 0.2) is 0 Å². The summed E-state index contributed by atoms with van der Waals surface area (Å²) < 4.78 is 0. The van der Waals surface area contributed by atoms with Crippen LogP contribution in [0.25, 0.3) is 10.8 Å². The number of nitrogens with one attached hydrogen (secondary N) is 1. The fourth-order valence-corrected chi connectivity index (χ4v) is 3.79. The maximum absolute atomic E-state index is 6.08. The van der Waals surface area contributed by atoms with Crippen LogP contribution >= 0.6 is 23.4 Å². The van der Waals surface area contributed by atoms with Crippen molar-refractivity contribution in [3.05, 3.63) is 59.6 Å². The standard InChI is InChI=1S/C16H10ClNS/c17-11-6-8-13-15(9-11)19-16-12-4-2-1-3-10(12)5-7-14(16)18-13/h1-9,18H. The molecule has 0 bridgehead atoms. The second-order valence-electron chi connectivity index (χ2n) is 4.53. The molecular weight excluding hydrogens is 274 g/mol. The molecular formula is C16H10ClNS. The summed E-state index contributed by atoms with van der Waals surface area (Å²) in [5, 5.41) is 6.80. The number of anilines is 2. The monoisotopic (exact) mass is 283 g/mol. The third-order valence-electron chi connectivity index (χ3n) is 3.30. The van der Waals surface area contributed by atoms with Crippen LogP contribution in [0.1, 0.15) is 0 Å². The summed E-state index contributed by atoms with van der Waals surface area (Å²) in [6.45, 7) is 0. The van der Waals surface area contributed by atoms with Crippen molar-refractivity contribution in [3.63, 3.8) is 0 Å². The Morgan fingerprint density at radius 3 is 2.68 bits per heavy atom. The molecule has 0 saturated heterocycles. The SMILES string of the molecule is Clc1ccc2c(c1)Sc1c(ccc3ccccc13)N2. The van der Waals surface area contributed by atoms with Gasteiger partial charge in [-0.3, -0.25) is 0 Å². The Balaban J connectivity index is 1.95. The number of fused-ring (bicyclic) bond motifs is 4. The first kappa shape index (κ1) is 11.2. The lowest BCUT2D eigenvalue weighted by molar-refractivity contribution is 1.34. The van der Waals surface area contributed by atoms with E-state index < -0.39 is 0 Å². The fraction of sp³-hybridized carbons (Fsp3) is 0. The van der Waals surface area contributed by atoms with E-state index in [1.807, 2.05) is 18.2 Å². The Hall–Kier alpha value is -1.64. The maximum atomic E-state index is 6.08. The van der Waals surface area contributed by atoms with Crippen molar-refractivity contribution in [3.8, 4) is 0 Å². The van der Waals surface area contributed by atoms with E-state index in [4.69, 9.17) is 11.6 Å². The van der Waals surface area contributed by atoms with Gasteiger partial charge in [0.05, 0.1) is 11.4 Å². The molecule has 3 aromatic carbocycles. The largest absolute Gasteiger partial charge is 0.354 e. The minimum Gasteiger partial charge on any atom is -0.354 e. The second-order valence-corrected chi connectivity index (χ2v) is 6.02. The molecule has 1 N–H and O–H groups in total. The van der Waals surface area contributed by atoms with Crippen molar-refractivity contribution in [1.82, 2.24) is 0 Å². The van der Waals surface area contributed by atoms with Crippen LogP contribution < -0.4 is 5.32 Å². The molecule has 0 amide bonds. The topological polar surface area (TPSA) is 12.0 Å². The van der Waals surface area contributed by atoms with E-state index in [9.17, 15) is 0 Å². The summed E-state index contributed by atoms with van der Waals surface area (Å²) >= 11 is 7.86. The van der Waals surface area contributed by atoms with Gasteiger partial charge in [-0.2, -0.15) is 0 Å². The molecule has 92 valence electrons. The molecule has 1 heterocycles. The predicted molar refractivity (Wildman–Crippen MR) is 82.8 cm³/mol. The van der Waals surface area contributed by atoms with Crippen LogP contribution in [0.4, 0.5) is 11.4 Å². The highest BCUT2D eigenvalue weighted by Gasteiger charge is 2.17. The average Bonchev–Trinajstić information content (AvgIpc) is 2.45. The zero-order chi connectivity index (χ0) is 12.8. The normalized spacial score (nSPS) is 12.7. The van der Waals surface area contributed by atoms with Crippen molar-refractivity contribution in [2.45, 2.75) is 9.79 Å². The van der Waals surface area contributed by atoms with Crippen molar-refractivity contribution in [1.29, 1.82) is 0 Å². The molecule has 0 atom stereocenters. The second kappa shape index (κ2) is 4.19. The Morgan fingerprint density at radius 2 is 1.74 bits per heavy atom. The first-order valence-corrected chi connectivity index (χ1v) is 7.27. The summed E-state index contributed by atoms with van der Waals surface area (Å²) in [7, 11) is 0. The van der Waals surface area contributed by atoms with Crippen LogP contribution in [-0.2, 0) is 0 Å². The summed E-state index contributed by atoms with van der Waals surface area (Å²) in [5.41, 5.74) is 2.29. The molecule has 4 rings (SSSR count). The lowest BCUT2D eigenvalue weighted by Crippen LogP contribution is -1.99. The van der Waals surface area contributed by atoms with Crippen LogP contribution in [0.2, 0.25) is 5.02 Å². The third-order valence-corrected chi connectivity index (χ3v) is 4.74. The summed E-state index contributed by atoms with van der Waals surface area (Å²) in [5.74, 6) is 0. The van der Waals surface area contributed by atoms with Crippen molar-refractivity contribution >= 4 is 45.5 Å². The fourth-order valence-electron chi connectivity index (χ4n) is 2.39. The summed E-state index contributed by atoms with van der Waals surface area (Å²) in [4.78, 5) is 2.45. The maximum Gasteiger partial charge on any atom is 0.0532 e. The molecule has 3 aromatic rings. The summed E-state index contributed by atoms with van der Waals surface area (Å²) in [6, 6.07) is 18.7. The highest BCUT2D eigenvalue weighted by Crippen LogP contribution is 2.47. The molecule has 0 aromatic heterocycles. The zero-order valence-corrected chi connectivity index (χ0v) is 11.6. The quantitative estimate of drug-likeness (QED) is 0.444. The first-order chi connectivity index (χ1) is 9.31. The molecule has 0 saturated carbocycles. The number of hydrogen-bond donors (Lipinski definition) is 1. The first-order valence-electron chi connectivity index (χ1n) is 6.07. The molecule has 0 radical (unpaired) electrons.